The molecule has 1 atom stereocenters. The Balaban J connectivity index is 2.46. The Morgan fingerprint density at radius 2 is 1.74 bits per heavy atom. The lowest BCUT2D eigenvalue weighted by molar-refractivity contribution is -0.137. The first-order valence-electron chi connectivity index (χ1n) is 5.31. The first-order valence-corrected chi connectivity index (χ1v) is 5.31. The largest absolute Gasteiger partial charge is 0.508 e. The minimum atomic E-state index is -1.52. The number of benzene rings is 1. The molecule has 19 heavy (non-hydrogen) atoms. The lowest BCUT2D eigenvalue weighted by atomic mass is 9.91. The van der Waals surface area contributed by atoms with Gasteiger partial charge >= 0.3 is 5.97 Å². The highest BCUT2D eigenvalue weighted by atomic mass is 16.4. The maximum absolute atomic E-state index is 12.1. The van der Waals surface area contributed by atoms with Crippen LogP contribution in [-0.4, -0.2) is 27.1 Å². The Labute approximate surface area is 107 Å². The zero-order valence-electron chi connectivity index (χ0n) is 9.61. The van der Waals surface area contributed by atoms with E-state index in [1.54, 1.807) is 0 Å². The quantitative estimate of drug-likeness (QED) is 0.572. The van der Waals surface area contributed by atoms with Gasteiger partial charge in [-0.1, -0.05) is 0 Å². The van der Waals surface area contributed by atoms with E-state index >= 15 is 0 Å². The van der Waals surface area contributed by atoms with Crippen molar-refractivity contribution in [3.8, 4) is 11.5 Å². The van der Waals surface area contributed by atoms with Crippen molar-refractivity contribution < 1.29 is 29.3 Å². The number of aliphatic carboxylic acids is 1. The average molecular weight is 262 g/mol. The highest BCUT2D eigenvalue weighted by Crippen LogP contribution is 2.28. The molecule has 0 aliphatic rings. The molecule has 1 unspecified atom stereocenters. The van der Waals surface area contributed by atoms with E-state index in [9.17, 15) is 19.8 Å². The number of Topliss-reactive ketones (excluding diaryl/α,β-unsaturated/α-hetero) is 1. The number of carbonyl (C=O) groups excluding carboxylic acids is 1. The number of hydrogen-bond acceptors (Lipinski definition) is 5. The number of carboxylic acid groups (broad SMARTS) is 1. The molecule has 6 heteroatoms. The van der Waals surface area contributed by atoms with Crippen LogP contribution in [0.1, 0.15) is 21.8 Å². The fraction of sp³-hybridized carbons (Fsp3) is 0.0769. The number of carbonyl (C=O) groups is 2. The summed E-state index contributed by atoms with van der Waals surface area (Å²) < 4.78 is 4.74. The van der Waals surface area contributed by atoms with Gasteiger partial charge in [-0.2, -0.15) is 0 Å². The molecule has 0 aliphatic carbocycles. The van der Waals surface area contributed by atoms with E-state index in [-0.39, 0.29) is 22.6 Å². The van der Waals surface area contributed by atoms with Crippen LogP contribution >= 0.6 is 0 Å². The highest BCUT2D eigenvalue weighted by Gasteiger charge is 2.30. The highest BCUT2D eigenvalue weighted by molar-refractivity contribution is 6.12. The predicted octanol–water partition coefficient (Wildman–Crippen LogP) is 1.74. The normalized spacial score (nSPS) is 12.0. The van der Waals surface area contributed by atoms with Crippen molar-refractivity contribution in [3.63, 3.8) is 0 Å². The van der Waals surface area contributed by atoms with Gasteiger partial charge in [0.05, 0.1) is 11.8 Å². The van der Waals surface area contributed by atoms with Crippen LogP contribution in [-0.2, 0) is 4.79 Å². The third-order valence-corrected chi connectivity index (χ3v) is 2.57. The standard InChI is InChI=1S/C13H10O6/c14-9-3-8(4-10(15)5-9)11(13(17)18)12(16)7-1-2-19-6-7/h1-6,11,14-15H,(H,17,18). The van der Waals surface area contributed by atoms with Crippen molar-refractivity contribution in [3.05, 3.63) is 47.9 Å². The van der Waals surface area contributed by atoms with E-state index in [2.05, 4.69) is 0 Å². The number of ketones is 1. The average Bonchev–Trinajstić information content (AvgIpc) is 2.80. The van der Waals surface area contributed by atoms with Crippen molar-refractivity contribution in [2.24, 2.45) is 0 Å². The van der Waals surface area contributed by atoms with Gasteiger partial charge in [-0.05, 0) is 23.8 Å². The second-order valence-electron chi connectivity index (χ2n) is 3.93. The smallest absolute Gasteiger partial charge is 0.318 e. The number of carboxylic acids is 1. The van der Waals surface area contributed by atoms with E-state index in [1.807, 2.05) is 0 Å². The summed E-state index contributed by atoms with van der Waals surface area (Å²) in [4.78, 5) is 23.3. The summed E-state index contributed by atoms with van der Waals surface area (Å²) in [6.45, 7) is 0. The van der Waals surface area contributed by atoms with Gasteiger partial charge in [0, 0.05) is 6.07 Å². The van der Waals surface area contributed by atoms with Crippen molar-refractivity contribution in [1.82, 2.24) is 0 Å². The molecule has 0 radical (unpaired) electrons. The molecule has 0 fully saturated rings. The van der Waals surface area contributed by atoms with Gasteiger partial charge in [0.15, 0.2) is 5.78 Å². The van der Waals surface area contributed by atoms with Crippen LogP contribution < -0.4 is 0 Å². The van der Waals surface area contributed by atoms with Gasteiger partial charge in [-0.3, -0.25) is 9.59 Å². The lowest BCUT2D eigenvalue weighted by Crippen LogP contribution is -2.21. The molecule has 1 aromatic heterocycles. The van der Waals surface area contributed by atoms with Gasteiger partial charge in [-0.15, -0.1) is 0 Å². The summed E-state index contributed by atoms with van der Waals surface area (Å²) >= 11 is 0. The Hall–Kier alpha value is -2.76. The Kier molecular flexibility index (Phi) is 3.24. The lowest BCUT2D eigenvalue weighted by Gasteiger charge is -2.11. The molecule has 0 bridgehead atoms. The molecule has 2 aromatic rings. The maximum atomic E-state index is 12.1. The summed E-state index contributed by atoms with van der Waals surface area (Å²) in [5, 5.41) is 27.9. The van der Waals surface area contributed by atoms with Crippen molar-refractivity contribution in [1.29, 1.82) is 0 Å². The number of phenols is 2. The monoisotopic (exact) mass is 262 g/mol. The van der Waals surface area contributed by atoms with Crippen molar-refractivity contribution in [2.75, 3.05) is 0 Å². The van der Waals surface area contributed by atoms with Crippen LogP contribution in [0, 0.1) is 0 Å². The third-order valence-electron chi connectivity index (χ3n) is 2.57. The van der Waals surface area contributed by atoms with E-state index in [0.29, 0.717) is 0 Å². The Bertz CT molecular complexity index is 594. The van der Waals surface area contributed by atoms with Gasteiger partial charge in [0.1, 0.15) is 23.7 Å². The van der Waals surface area contributed by atoms with Gasteiger partial charge in [0.2, 0.25) is 0 Å². The maximum Gasteiger partial charge on any atom is 0.318 e. The minimum absolute atomic E-state index is 0.00352. The van der Waals surface area contributed by atoms with Gasteiger partial charge in [0.25, 0.3) is 0 Å². The van der Waals surface area contributed by atoms with E-state index in [1.165, 1.54) is 12.3 Å². The molecule has 0 saturated heterocycles. The van der Waals surface area contributed by atoms with Crippen LogP contribution in [0.5, 0.6) is 11.5 Å². The van der Waals surface area contributed by atoms with Crippen LogP contribution in [0.4, 0.5) is 0 Å². The number of hydrogen-bond donors (Lipinski definition) is 3. The van der Waals surface area contributed by atoms with E-state index in [4.69, 9.17) is 9.52 Å². The summed E-state index contributed by atoms with van der Waals surface area (Å²) in [6.07, 6.45) is 2.40. The van der Waals surface area contributed by atoms with Crippen LogP contribution in [0.25, 0.3) is 0 Å². The molecular formula is C13H10O6. The summed E-state index contributed by atoms with van der Waals surface area (Å²) in [7, 11) is 0. The van der Waals surface area contributed by atoms with Gasteiger partial charge in [-0.25, -0.2) is 0 Å². The number of aromatic hydroxyl groups is 2. The third kappa shape index (κ3) is 2.57. The molecule has 2 rings (SSSR count). The second kappa shape index (κ2) is 4.85. The van der Waals surface area contributed by atoms with E-state index in [0.717, 1.165) is 24.5 Å². The summed E-state index contributed by atoms with van der Waals surface area (Å²) in [5.74, 6) is -4.22. The molecule has 0 saturated carbocycles. The summed E-state index contributed by atoms with van der Waals surface area (Å²) in [6, 6.07) is 4.64. The molecule has 1 aromatic carbocycles. The number of phenolic OH excluding ortho intramolecular Hbond substituents is 2. The first kappa shape index (κ1) is 12.7. The fourth-order valence-electron chi connectivity index (χ4n) is 1.76. The van der Waals surface area contributed by atoms with Crippen molar-refractivity contribution in [2.45, 2.75) is 5.92 Å². The molecule has 0 spiro atoms. The molecule has 0 aliphatic heterocycles. The fourth-order valence-corrected chi connectivity index (χ4v) is 1.76. The predicted molar refractivity (Wildman–Crippen MR) is 63.2 cm³/mol. The SMILES string of the molecule is O=C(O)C(C(=O)c1ccoc1)c1cc(O)cc(O)c1. The van der Waals surface area contributed by atoms with Gasteiger partial charge < -0.3 is 19.7 Å². The Morgan fingerprint density at radius 3 is 2.21 bits per heavy atom. The number of furan rings is 1. The Morgan fingerprint density at radius 1 is 1.11 bits per heavy atom. The minimum Gasteiger partial charge on any atom is -0.508 e. The summed E-state index contributed by atoms with van der Waals surface area (Å²) in [5.41, 5.74) is 0.103. The molecule has 3 N–H and O–H groups in total. The zero-order valence-corrected chi connectivity index (χ0v) is 9.61. The van der Waals surface area contributed by atoms with Crippen LogP contribution in [0.2, 0.25) is 0 Å². The topological polar surface area (TPSA) is 108 Å². The zero-order chi connectivity index (χ0) is 14.0. The second-order valence-corrected chi connectivity index (χ2v) is 3.93. The first-order chi connectivity index (χ1) is 8.99. The van der Waals surface area contributed by atoms with E-state index < -0.39 is 17.7 Å². The molecule has 1 heterocycles. The molecule has 6 nitrogen and oxygen atoms in total. The molecule has 0 amide bonds. The van der Waals surface area contributed by atoms with Crippen molar-refractivity contribution >= 4 is 11.8 Å². The van der Waals surface area contributed by atoms with Crippen LogP contribution in [0.15, 0.2) is 41.2 Å². The number of rotatable bonds is 4. The molecule has 98 valence electrons. The van der Waals surface area contributed by atoms with Crippen LogP contribution in [0.3, 0.4) is 0 Å². The molecular weight excluding hydrogens is 252 g/mol.